The third-order valence-electron chi connectivity index (χ3n) is 2.73. The van der Waals surface area contributed by atoms with Gasteiger partial charge < -0.3 is 5.11 Å². The first kappa shape index (κ1) is 12.3. The average Bonchev–Trinajstić information content (AvgIpc) is 2.29. The summed E-state index contributed by atoms with van der Waals surface area (Å²) < 4.78 is 0. The largest absolute Gasteiger partial charge is 0.381 e. The summed E-state index contributed by atoms with van der Waals surface area (Å²) in [4.78, 5) is 25.7. The molecule has 1 unspecified atom stereocenters. The lowest BCUT2D eigenvalue weighted by molar-refractivity contribution is -0.135. The van der Waals surface area contributed by atoms with Crippen molar-refractivity contribution in [3.63, 3.8) is 0 Å². The summed E-state index contributed by atoms with van der Waals surface area (Å²) in [6.45, 7) is 4.75. The van der Waals surface area contributed by atoms with Crippen LogP contribution in [-0.4, -0.2) is 65.9 Å². The number of hydrogen-bond donors (Lipinski definition) is 1. The van der Waals surface area contributed by atoms with Crippen molar-refractivity contribution in [3.05, 3.63) is 0 Å². The zero-order valence-electron chi connectivity index (χ0n) is 9.06. The molecule has 1 fully saturated rings. The summed E-state index contributed by atoms with van der Waals surface area (Å²) in [7, 11) is 0. The first-order chi connectivity index (χ1) is 7.22. The smallest absolute Gasteiger partial charge is 0.213 e. The fourth-order valence-electron chi connectivity index (χ4n) is 1.91. The van der Waals surface area contributed by atoms with Crippen LogP contribution in [0.3, 0.4) is 0 Å². The first-order valence-corrected chi connectivity index (χ1v) is 5.29. The molecule has 0 amide bonds. The summed E-state index contributed by atoms with van der Waals surface area (Å²) in [5.41, 5.74) is 0. The monoisotopic (exact) mass is 214 g/mol. The Morgan fingerprint density at radius 3 is 2.80 bits per heavy atom. The molecule has 86 valence electrons. The zero-order chi connectivity index (χ0) is 11.3. The highest BCUT2D eigenvalue weighted by molar-refractivity contribution is 6.27. The van der Waals surface area contributed by atoms with Crippen LogP contribution in [0.15, 0.2) is 0 Å². The Hall–Kier alpha value is -0.780. The van der Waals surface area contributed by atoms with Crippen molar-refractivity contribution < 1.29 is 14.7 Å². The Bertz CT molecular complexity index is 233. The number of ketones is 1. The standard InChI is InChI=1S/C10H18N2O3/c1-2-3-12-5-4-11(8-14)6-9(12)10(15)7-13/h7,9,14H,2-6,8H2,1H3. The van der Waals surface area contributed by atoms with E-state index in [2.05, 4.69) is 0 Å². The maximum Gasteiger partial charge on any atom is 0.213 e. The van der Waals surface area contributed by atoms with Gasteiger partial charge in [0.15, 0.2) is 6.29 Å². The number of rotatable bonds is 5. The maximum absolute atomic E-state index is 11.4. The van der Waals surface area contributed by atoms with E-state index in [-0.39, 0.29) is 18.6 Å². The Kier molecular flexibility index (Phi) is 4.87. The van der Waals surface area contributed by atoms with Crippen LogP contribution in [0.4, 0.5) is 0 Å². The fraction of sp³-hybridized carbons (Fsp3) is 0.800. The topological polar surface area (TPSA) is 60.9 Å². The Morgan fingerprint density at radius 1 is 1.53 bits per heavy atom. The molecule has 0 aliphatic carbocycles. The third-order valence-corrected chi connectivity index (χ3v) is 2.73. The van der Waals surface area contributed by atoms with Gasteiger partial charge in [0.05, 0.1) is 12.8 Å². The van der Waals surface area contributed by atoms with Gasteiger partial charge in [-0.25, -0.2) is 0 Å². The summed E-state index contributed by atoms with van der Waals surface area (Å²) in [6, 6.07) is -0.372. The van der Waals surface area contributed by atoms with Crippen LogP contribution in [-0.2, 0) is 9.59 Å². The number of piperazine rings is 1. The van der Waals surface area contributed by atoms with Crippen LogP contribution in [0.1, 0.15) is 13.3 Å². The molecule has 5 nitrogen and oxygen atoms in total. The lowest BCUT2D eigenvalue weighted by Gasteiger charge is -2.38. The molecule has 0 saturated carbocycles. The van der Waals surface area contributed by atoms with Gasteiger partial charge >= 0.3 is 0 Å². The molecular weight excluding hydrogens is 196 g/mol. The molecule has 0 aromatic rings. The average molecular weight is 214 g/mol. The summed E-state index contributed by atoms with van der Waals surface area (Å²) in [5.74, 6) is -0.387. The fourth-order valence-corrected chi connectivity index (χ4v) is 1.91. The van der Waals surface area contributed by atoms with Crippen LogP contribution < -0.4 is 0 Å². The lowest BCUT2D eigenvalue weighted by atomic mass is 10.1. The van der Waals surface area contributed by atoms with E-state index in [1.54, 1.807) is 4.90 Å². The minimum atomic E-state index is -0.387. The van der Waals surface area contributed by atoms with Gasteiger partial charge in [0.25, 0.3) is 0 Å². The molecule has 0 bridgehead atoms. The molecule has 1 saturated heterocycles. The highest BCUT2D eigenvalue weighted by Gasteiger charge is 2.30. The highest BCUT2D eigenvalue weighted by atomic mass is 16.3. The number of hydrogen-bond acceptors (Lipinski definition) is 5. The number of aliphatic hydroxyl groups excluding tert-OH is 1. The van der Waals surface area contributed by atoms with Crippen molar-refractivity contribution >= 4 is 12.1 Å². The van der Waals surface area contributed by atoms with Gasteiger partial charge in [-0.3, -0.25) is 19.4 Å². The van der Waals surface area contributed by atoms with Crippen molar-refractivity contribution in [2.75, 3.05) is 32.9 Å². The third kappa shape index (κ3) is 3.09. The van der Waals surface area contributed by atoms with Crippen LogP contribution in [0.2, 0.25) is 0 Å². The van der Waals surface area contributed by atoms with Crippen LogP contribution in [0.5, 0.6) is 0 Å². The minimum Gasteiger partial charge on any atom is -0.381 e. The molecule has 0 radical (unpaired) electrons. The number of carbonyl (C=O) groups excluding carboxylic acids is 2. The first-order valence-electron chi connectivity index (χ1n) is 5.29. The summed E-state index contributed by atoms with van der Waals surface area (Å²) in [6.07, 6.45) is 1.34. The predicted octanol–water partition coefficient (Wildman–Crippen LogP) is -0.900. The van der Waals surface area contributed by atoms with Crippen LogP contribution >= 0.6 is 0 Å². The SMILES string of the molecule is CCCN1CCN(CO)CC1C(=O)C=O. The molecular formula is C10H18N2O3. The molecule has 0 spiro atoms. The van der Waals surface area contributed by atoms with Crippen molar-refractivity contribution in [3.8, 4) is 0 Å². The normalized spacial score (nSPS) is 24.0. The zero-order valence-corrected chi connectivity index (χ0v) is 9.06. The van der Waals surface area contributed by atoms with E-state index < -0.39 is 0 Å². The van der Waals surface area contributed by atoms with Crippen molar-refractivity contribution in [2.45, 2.75) is 19.4 Å². The quantitative estimate of drug-likeness (QED) is 0.475. The van der Waals surface area contributed by atoms with Crippen molar-refractivity contribution in [1.29, 1.82) is 0 Å². The second kappa shape index (κ2) is 5.95. The van der Waals surface area contributed by atoms with Crippen molar-refractivity contribution in [1.82, 2.24) is 9.80 Å². The number of nitrogens with zero attached hydrogens (tertiary/aromatic N) is 2. The van der Waals surface area contributed by atoms with E-state index in [1.165, 1.54) is 0 Å². The molecule has 0 aromatic heterocycles. The predicted molar refractivity (Wildman–Crippen MR) is 55.4 cm³/mol. The second-order valence-corrected chi connectivity index (χ2v) is 3.79. The molecule has 1 atom stereocenters. The number of carbonyl (C=O) groups is 2. The van der Waals surface area contributed by atoms with E-state index in [0.29, 0.717) is 12.8 Å². The number of aldehydes is 1. The van der Waals surface area contributed by atoms with E-state index in [0.717, 1.165) is 26.1 Å². The Balaban J connectivity index is 2.64. The maximum atomic E-state index is 11.4. The van der Waals surface area contributed by atoms with E-state index >= 15 is 0 Å². The number of Topliss-reactive ketones (excluding diaryl/α,β-unsaturated/α-hetero) is 1. The van der Waals surface area contributed by atoms with Gasteiger partial charge in [0, 0.05) is 19.6 Å². The Labute approximate surface area is 89.7 Å². The molecule has 1 rings (SSSR count). The lowest BCUT2D eigenvalue weighted by Crippen LogP contribution is -2.56. The number of aliphatic hydroxyl groups is 1. The molecule has 1 aliphatic heterocycles. The van der Waals surface area contributed by atoms with E-state index in [4.69, 9.17) is 5.11 Å². The van der Waals surface area contributed by atoms with Crippen LogP contribution in [0, 0.1) is 0 Å². The second-order valence-electron chi connectivity index (χ2n) is 3.79. The minimum absolute atomic E-state index is 0.0530. The molecule has 1 N–H and O–H groups in total. The van der Waals surface area contributed by atoms with E-state index in [9.17, 15) is 9.59 Å². The van der Waals surface area contributed by atoms with Crippen LogP contribution in [0.25, 0.3) is 0 Å². The van der Waals surface area contributed by atoms with Gasteiger partial charge in [-0.05, 0) is 13.0 Å². The van der Waals surface area contributed by atoms with Gasteiger partial charge in [-0.15, -0.1) is 0 Å². The van der Waals surface area contributed by atoms with Gasteiger partial charge in [-0.2, -0.15) is 0 Å². The summed E-state index contributed by atoms with van der Waals surface area (Å²) in [5, 5.41) is 8.99. The Morgan fingerprint density at radius 2 is 2.27 bits per heavy atom. The van der Waals surface area contributed by atoms with Crippen molar-refractivity contribution in [2.24, 2.45) is 0 Å². The summed E-state index contributed by atoms with van der Waals surface area (Å²) >= 11 is 0. The van der Waals surface area contributed by atoms with E-state index in [1.807, 2.05) is 11.8 Å². The van der Waals surface area contributed by atoms with Gasteiger partial charge in [0.1, 0.15) is 0 Å². The van der Waals surface area contributed by atoms with Gasteiger partial charge in [-0.1, -0.05) is 6.92 Å². The molecule has 1 aliphatic rings. The molecule has 0 aromatic carbocycles. The molecule has 15 heavy (non-hydrogen) atoms. The molecule has 5 heteroatoms. The highest BCUT2D eigenvalue weighted by Crippen LogP contribution is 2.10. The van der Waals surface area contributed by atoms with Gasteiger partial charge in [0.2, 0.25) is 5.78 Å². The molecule has 1 heterocycles.